The van der Waals surface area contributed by atoms with E-state index >= 15 is 0 Å². The van der Waals surface area contributed by atoms with Gasteiger partial charge in [0, 0.05) is 14.8 Å². The molecule has 0 spiro atoms. The molecule has 0 radical (unpaired) electrons. The Balaban J connectivity index is 3.07. The molecule has 0 nitrogen and oxygen atoms in total. The maximum atomic E-state index is 5.73. The van der Waals surface area contributed by atoms with E-state index in [2.05, 4.69) is 31.9 Å². The lowest BCUT2D eigenvalue weighted by Crippen LogP contribution is -1.77. The fourth-order valence-electron chi connectivity index (χ4n) is 0.630. The van der Waals surface area contributed by atoms with Crippen molar-refractivity contribution in [2.75, 3.05) is 0 Å². The SMILES string of the molecule is Clc1ccc(CBr)c(Br)c1. The van der Waals surface area contributed by atoms with Gasteiger partial charge in [-0.05, 0) is 17.7 Å². The van der Waals surface area contributed by atoms with E-state index in [-0.39, 0.29) is 0 Å². The largest absolute Gasteiger partial charge is 0.0876 e. The van der Waals surface area contributed by atoms with Crippen molar-refractivity contribution in [1.29, 1.82) is 0 Å². The number of hydrogen-bond donors (Lipinski definition) is 0. The third kappa shape index (κ3) is 1.97. The summed E-state index contributed by atoms with van der Waals surface area (Å²) in [5.74, 6) is 0. The molecule has 10 heavy (non-hydrogen) atoms. The number of benzene rings is 1. The summed E-state index contributed by atoms with van der Waals surface area (Å²) in [5.41, 5.74) is 1.21. The molecule has 54 valence electrons. The molecule has 3 heteroatoms. The molecular formula is C7H5Br2Cl. The Morgan fingerprint density at radius 1 is 1.40 bits per heavy atom. The maximum Gasteiger partial charge on any atom is 0.0417 e. The summed E-state index contributed by atoms with van der Waals surface area (Å²) in [5, 5.41) is 1.61. The van der Waals surface area contributed by atoms with Crippen LogP contribution in [0.3, 0.4) is 0 Å². The summed E-state index contributed by atoms with van der Waals surface area (Å²) < 4.78 is 1.05. The van der Waals surface area contributed by atoms with E-state index in [0.29, 0.717) is 0 Å². The molecule has 1 aromatic rings. The van der Waals surface area contributed by atoms with Crippen molar-refractivity contribution >= 4 is 43.5 Å². The predicted molar refractivity (Wildman–Crippen MR) is 51.8 cm³/mol. The first-order valence-electron chi connectivity index (χ1n) is 2.74. The van der Waals surface area contributed by atoms with Crippen LogP contribution in [0.15, 0.2) is 22.7 Å². The Morgan fingerprint density at radius 3 is 2.60 bits per heavy atom. The number of halogens is 3. The third-order valence-electron chi connectivity index (χ3n) is 1.16. The monoisotopic (exact) mass is 282 g/mol. The van der Waals surface area contributed by atoms with E-state index < -0.39 is 0 Å². The molecule has 0 saturated carbocycles. The molecule has 0 fully saturated rings. The molecule has 0 unspecified atom stereocenters. The minimum absolute atomic E-state index is 0.761. The highest BCUT2D eigenvalue weighted by molar-refractivity contribution is 9.10. The second-order valence-electron chi connectivity index (χ2n) is 1.87. The number of rotatable bonds is 1. The second-order valence-corrected chi connectivity index (χ2v) is 3.72. The van der Waals surface area contributed by atoms with Crippen molar-refractivity contribution < 1.29 is 0 Å². The van der Waals surface area contributed by atoms with Crippen LogP contribution < -0.4 is 0 Å². The average molecular weight is 284 g/mol. The fourth-order valence-corrected chi connectivity index (χ4v) is 2.32. The molecule has 0 amide bonds. The van der Waals surface area contributed by atoms with Crippen molar-refractivity contribution in [3.05, 3.63) is 33.3 Å². The van der Waals surface area contributed by atoms with Gasteiger partial charge >= 0.3 is 0 Å². The molecule has 1 rings (SSSR count). The zero-order valence-electron chi connectivity index (χ0n) is 5.07. The second kappa shape index (κ2) is 3.74. The van der Waals surface area contributed by atoms with Crippen LogP contribution >= 0.6 is 43.5 Å². The summed E-state index contributed by atoms with van der Waals surface area (Å²) in [6, 6.07) is 5.75. The quantitative estimate of drug-likeness (QED) is 0.684. The summed E-state index contributed by atoms with van der Waals surface area (Å²) in [4.78, 5) is 0. The van der Waals surface area contributed by atoms with E-state index in [4.69, 9.17) is 11.6 Å². The number of alkyl halides is 1. The molecule has 0 N–H and O–H groups in total. The van der Waals surface area contributed by atoms with Gasteiger partial charge in [0.15, 0.2) is 0 Å². The lowest BCUT2D eigenvalue weighted by atomic mass is 10.2. The van der Waals surface area contributed by atoms with Gasteiger partial charge in [-0.15, -0.1) is 0 Å². The summed E-state index contributed by atoms with van der Waals surface area (Å²) in [6.07, 6.45) is 0. The van der Waals surface area contributed by atoms with E-state index in [9.17, 15) is 0 Å². The van der Waals surface area contributed by atoms with Crippen LogP contribution in [0.4, 0.5) is 0 Å². The average Bonchev–Trinajstić information content (AvgIpc) is 1.88. The highest BCUT2D eigenvalue weighted by Crippen LogP contribution is 2.22. The predicted octanol–water partition coefficient (Wildman–Crippen LogP) is 4.00. The fraction of sp³-hybridized carbons (Fsp3) is 0.143. The van der Waals surface area contributed by atoms with Crippen LogP contribution in [0, 0.1) is 0 Å². The van der Waals surface area contributed by atoms with Gasteiger partial charge in [0.25, 0.3) is 0 Å². The van der Waals surface area contributed by atoms with Crippen molar-refractivity contribution in [1.82, 2.24) is 0 Å². The number of hydrogen-bond acceptors (Lipinski definition) is 0. The molecule has 0 aliphatic carbocycles. The first-order valence-corrected chi connectivity index (χ1v) is 5.03. The Morgan fingerprint density at radius 2 is 2.10 bits per heavy atom. The van der Waals surface area contributed by atoms with Crippen LogP contribution in [-0.2, 0) is 5.33 Å². The van der Waals surface area contributed by atoms with E-state index in [1.807, 2.05) is 18.2 Å². The molecule has 1 aromatic carbocycles. The highest BCUT2D eigenvalue weighted by atomic mass is 79.9. The smallest absolute Gasteiger partial charge is 0.0417 e. The van der Waals surface area contributed by atoms with Crippen LogP contribution in [-0.4, -0.2) is 0 Å². The van der Waals surface area contributed by atoms with E-state index in [1.165, 1.54) is 5.56 Å². The van der Waals surface area contributed by atoms with Gasteiger partial charge in [-0.1, -0.05) is 49.5 Å². The molecule has 0 atom stereocenters. The Bertz CT molecular complexity index is 235. The van der Waals surface area contributed by atoms with Gasteiger partial charge in [-0.25, -0.2) is 0 Å². The van der Waals surface area contributed by atoms with Gasteiger partial charge < -0.3 is 0 Å². The van der Waals surface area contributed by atoms with Crippen LogP contribution in [0.25, 0.3) is 0 Å². The van der Waals surface area contributed by atoms with Crippen molar-refractivity contribution in [2.24, 2.45) is 0 Å². The normalized spacial score (nSPS) is 9.90. The summed E-state index contributed by atoms with van der Waals surface area (Å²) in [6.45, 7) is 0. The van der Waals surface area contributed by atoms with Crippen molar-refractivity contribution in [3.8, 4) is 0 Å². The summed E-state index contributed by atoms with van der Waals surface area (Å²) >= 11 is 12.5. The topological polar surface area (TPSA) is 0 Å². The van der Waals surface area contributed by atoms with Crippen LogP contribution in [0.2, 0.25) is 5.02 Å². The molecule has 0 aliphatic rings. The lowest BCUT2D eigenvalue weighted by Gasteiger charge is -1.98. The molecule has 0 saturated heterocycles. The van der Waals surface area contributed by atoms with Crippen LogP contribution in [0.1, 0.15) is 5.56 Å². The zero-order chi connectivity index (χ0) is 7.56. The highest BCUT2D eigenvalue weighted by Gasteiger charge is 1.96. The summed E-state index contributed by atoms with van der Waals surface area (Å²) in [7, 11) is 0. The van der Waals surface area contributed by atoms with Crippen LogP contribution in [0.5, 0.6) is 0 Å². The lowest BCUT2D eigenvalue weighted by molar-refractivity contribution is 1.40. The Kier molecular flexibility index (Phi) is 3.21. The van der Waals surface area contributed by atoms with Crippen molar-refractivity contribution in [3.63, 3.8) is 0 Å². The zero-order valence-corrected chi connectivity index (χ0v) is 9.00. The van der Waals surface area contributed by atoms with Gasteiger partial charge in [0.1, 0.15) is 0 Å². The minimum Gasteiger partial charge on any atom is -0.0876 e. The molecule has 0 bridgehead atoms. The Hall–Kier alpha value is 0.470. The maximum absolute atomic E-state index is 5.73. The van der Waals surface area contributed by atoms with Gasteiger partial charge in [-0.3, -0.25) is 0 Å². The minimum atomic E-state index is 0.761. The molecular weight excluding hydrogens is 279 g/mol. The van der Waals surface area contributed by atoms with Gasteiger partial charge in [-0.2, -0.15) is 0 Å². The van der Waals surface area contributed by atoms with Gasteiger partial charge in [0.05, 0.1) is 0 Å². The molecule has 0 aliphatic heterocycles. The van der Waals surface area contributed by atoms with E-state index in [0.717, 1.165) is 14.8 Å². The molecule has 0 aromatic heterocycles. The third-order valence-corrected chi connectivity index (χ3v) is 2.74. The van der Waals surface area contributed by atoms with Gasteiger partial charge in [0.2, 0.25) is 0 Å². The van der Waals surface area contributed by atoms with Crippen molar-refractivity contribution in [2.45, 2.75) is 5.33 Å². The van der Waals surface area contributed by atoms with E-state index in [1.54, 1.807) is 0 Å². The molecule has 0 heterocycles. The first kappa shape index (κ1) is 8.57. The standard InChI is InChI=1S/C7H5Br2Cl/c8-4-5-1-2-6(10)3-7(5)9/h1-3H,4H2. The Labute approximate surface area is 81.8 Å². The first-order chi connectivity index (χ1) is 4.74.